The maximum atomic E-state index is 14.2. The molecule has 214 valence electrons. The fraction of sp³-hybridized carbons (Fsp3) is 0.424. The van der Waals surface area contributed by atoms with Crippen LogP contribution in [0.1, 0.15) is 70.7 Å². The molecule has 0 aliphatic carbocycles. The van der Waals surface area contributed by atoms with Crippen molar-refractivity contribution in [3.63, 3.8) is 0 Å². The second-order valence-corrected chi connectivity index (χ2v) is 11.7. The number of carbonyl (C=O) groups excluding carboxylic acids is 3. The number of fused-ring (bicyclic) bond motifs is 1. The quantitative estimate of drug-likeness (QED) is 0.305. The summed E-state index contributed by atoms with van der Waals surface area (Å²) in [7, 11) is 0. The zero-order valence-electron chi connectivity index (χ0n) is 25.0. The van der Waals surface area contributed by atoms with Crippen LogP contribution in [0.4, 0.5) is 10.5 Å². The molecule has 0 heterocycles. The fourth-order valence-electron chi connectivity index (χ4n) is 4.97. The van der Waals surface area contributed by atoms with Crippen LogP contribution in [0.5, 0.6) is 0 Å². The number of rotatable bonds is 9. The minimum atomic E-state index is -0.903. The van der Waals surface area contributed by atoms with E-state index in [-0.39, 0.29) is 24.3 Å². The molecule has 0 spiro atoms. The van der Waals surface area contributed by atoms with Crippen molar-refractivity contribution in [1.29, 1.82) is 0 Å². The first kappa shape index (κ1) is 30.7. The first-order valence-corrected chi connectivity index (χ1v) is 14.0. The van der Waals surface area contributed by atoms with E-state index in [9.17, 15) is 14.4 Å². The number of alkyl carbamates (subject to hydrolysis) is 1. The molecule has 0 saturated heterocycles. The summed E-state index contributed by atoms with van der Waals surface area (Å²) < 4.78 is 5.46. The highest BCUT2D eigenvalue weighted by molar-refractivity contribution is 6.00. The van der Waals surface area contributed by atoms with E-state index in [0.717, 1.165) is 27.5 Å². The Kier molecular flexibility index (Phi) is 9.96. The maximum absolute atomic E-state index is 14.2. The Balaban J connectivity index is 2.02. The van der Waals surface area contributed by atoms with Crippen molar-refractivity contribution in [2.75, 3.05) is 11.9 Å². The average molecular weight is 546 g/mol. The highest BCUT2D eigenvalue weighted by atomic mass is 16.6. The number of hydrogen-bond acceptors (Lipinski definition) is 4. The lowest BCUT2D eigenvalue weighted by atomic mass is 9.93. The number of carbonyl (C=O) groups is 3. The molecule has 3 aromatic carbocycles. The SMILES string of the molecule is CCN(C(=O)C(CC(C)C)NC(=O)OC(C)(C)C)C(C(=O)Nc1ccc2ccccc2c1)c1c(C)cccc1C. The van der Waals surface area contributed by atoms with Gasteiger partial charge in [0.15, 0.2) is 0 Å². The third-order valence-electron chi connectivity index (χ3n) is 6.71. The number of ether oxygens (including phenoxy) is 1. The lowest BCUT2D eigenvalue weighted by molar-refractivity contribution is -0.140. The van der Waals surface area contributed by atoms with Crippen molar-refractivity contribution in [2.45, 2.75) is 79.5 Å². The summed E-state index contributed by atoms with van der Waals surface area (Å²) in [6, 6.07) is 17.8. The lowest BCUT2D eigenvalue weighted by Crippen LogP contribution is -2.53. The molecule has 0 aromatic heterocycles. The largest absolute Gasteiger partial charge is 0.444 e. The van der Waals surface area contributed by atoms with Gasteiger partial charge in [0.1, 0.15) is 17.7 Å². The number of likely N-dealkylation sites (N-methyl/N-ethyl adjacent to an activating group) is 1. The summed E-state index contributed by atoms with van der Waals surface area (Å²) in [5.74, 6) is -0.528. The third-order valence-corrected chi connectivity index (χ3v) is 6.71. The molecule has 3 rings (SSSR count). The number of nitrogens with zero attached hydrogens (tertiary/aromatic N) is 1. The van der Waals surface area contributed by atoms with Crippen molar-refractivity contribution in [3.8, 4) is 0 Å². The van der Waals surface area contributed by atoms with Crippen LogP contribution in [0.25, 0.3) is 10.8 Å². The molecule has 2 N–H and O–H groups in total. The molecule has 7 nitrogen and oxygen atoms in total. The number of amides is 3. The van der Waals surface area contributed by atoms with Gasteiger partial charge in [0.05, 0.1) is 0 Å². The van der Waals surface area contributed by atoms with Gasteiger partial charge in [-0.15, -0.1) is 0 Å². The summed E-state index contributed by atoms with van der Waals surface area (Å²) in [5.41, 5.74) is 2.53. The second kappa shape index (κ2) is 13.0. The Hall–Kier alpha value is -3.87. The van der Waals surface area contributed by atoms with Crippen LogP contribution >= 0.6 is 0 Å². The standard InChI is InChI=1S/C33H43N3O4/c1-9-36(31(38)27(19-21(2)3)35-32(39)40-33(6,7)8)29(28-22(4)13-12-14-23(28)5)30(37)34-26-18-17-24-15-10-11-16-25(24)20-26/h10-18,20-21,27,29H,9,19H2,1-8H3,(H,34,37)(H,35,39). The molecule has 2 unspecified atom stereocenters. The predicted molar refractivity (Wildman–Crippen MR) is 161 cm³/mol. The first-order valence-electron chi connectivity index (χ1n) is 14.0. The van der Waals surface area contributed by atoms with Gasteiger partial charge in [-0.1, -0.05) is 62.4 Å². The van der Waals surface area contributed by atoms with Gasteiger partial charge >= 0.3 is 6.09 Å². The molecule has 0 aliphatic heterocycles. The van der Waals surface area contributed by atoms with Gasteiger partial charge in [-0.3, -0.25) is 9.59 Å². The van der Waals surface area contributed by atoms with Gasteiger partial charge < -0.3 is 20.3 Å². The number of nitrogens with one attached hydrogen (secondary N) is 2. The zero-order chi connectivity index (χ0) is 29.6. The topological polar surface area (TPSA) is 87.7 Å². The van der Waals surface area contributed by atoms with Gasteiger partial charge in [0.25, 0.3) is 5.91 Å². The molecular weight excluding hydrogens is 502 g/mol. The third kappa shape index (κ3) is 7.84. The molecular formula is C33H43N3O4. The van der Waals surface area contributed by atoms with Crippen LogP contribution < -0.4 is 10.6 Å². The lowest BCUT2D eigenvalue weighted by Gasteiger charge is -2.35. The van der Waals surface area contributed by atoms with E-state index in [1.165, 1.54) is 0 Å². The highest BCUT2D eigenvalue weighted by Gasteiger charge is 2.37. The summed E-state index contributed by atoms with van der Waals surface area (Å²) in [6.45, 7) is 15.3. The van der Waals surface area contributed by atoms with E-state index < -0.39 is 23.8 Å². The molecule has 3 aromatic rings. The maximum Gasteiger partial charge on any atom is 0.408 e. The normalized spacial score (nSPS) is 13.0. The minimum Gasteiger partial charge on any atom is -0.444 e. The van der Waals surface area contributed by atoms with E-state index in [1.807, 2.05) is 95.3 Å². The summed E-state index contributed by atoms with van der Waals surface area (Å²) in [4.78, 5) is 42.5. The zero-order valence-corrected chi connectivity index (χ0v) is 25.0. The molecule has 0 fully saturated rings. The molecule has 2 atom stereocenters. The van der Waals surface area contributed by atoms with Gasteiger partial charge in [0.2, 0.25) is 5.91 Å². The van der Waals surface area contributed by atoms with Crippen LogP contribution in [-0.2, 0) is 14.3 Å². The van der Waals surface area contributed by atoms with Crippen LogP contribution in [0.3, 0.4) is 0 Å². The van der Waals surface area contributed by atoms with Gasteiger partial charge in [-0.25, -0.2) is 4.79 Å². The monoisotopic (exact) mass is 545 g/mol. The van der Waals surface area contributed by atoms with Crippen molar-refractivity contribution < 1.29 is 19.1 Å². The number of hydrogen-bond donors (Lipinski definition) is 2. The van der Waals surface area contributed by atoms with Crippen molar-refractivity contribution >= 4 is 34.4 Å². The van der Waals surface area contributed by atoms with E-state index in [2.05, 4.69) is 10.6 Å². The van der Waals surface area contributed by atoms with E-state index in [0.29, 0.717) is 12.1 Å². The molecule has 3 amide bonds. The van der Waals surface area contributed by atoms with Crippen LogP contribution in [-0.4, -0.2) is 41.0 Å². The Labute approximate surface area is 238 Å². The number of benzene rings is 3. The van der Waals surface area contributed by atoms with Gasteiger partial charge in [0, 0.05) is 12.2 Å². The smallest absolute Gasteiger partial charge is 0.408 e. The van der Waals surface area contributed by atoms with E-state index in [1.54, 1.807) is 25.7 Å². The highest BCUT2D eigenvalue weighted by Crippen LogP contribution is 2.30. The van der Waals surface area contributed by atoms with E-state index >= 15 is 0 Å². The Morgan fingerprint density at radius 1 is 0.900 bits per heavy atom. The minimum absolute atomic E-state index is 0.118. The molecule has 0 radical (unpaired) electrons. The van der Waals surface area contributed by atoms with Gasteiger partial charge in [-0.05, 0) is 93.5 Å². The van der Waals surface area contributed by atoms with Gasteiger partial charge in [-0.2, -0.15) is 0 Å². The average Bonchev–Trinajstić information content (AvgIpc) is 2.86. The van der Waals surface area contributed by atoms with Crippen LogP contribution in [0.2, 0.25) is 0 Å². The Bertz CT molecular complexity index is 1340. The first-order chi connectivity index (χ1) is 18.8. The number of aryl methyl sites for hydroxylation is 2. The predicted octanol–water partition coefficient (Wildman–Crippen LogP) is 6.92. The Morgan fingerprint density at radius 3 is 2.10 bits per heavy atom. The summed E-state index contributed by atoms with van der Waals surface area (Å²) in [6.07, 6.45) is -0.257. The summed E-state index contributed by atoms with van der Waals surface area (Å²) in [5, 5.41) is 7.92. The fourth-order valence-corrected chi connectivity index (χ4v) is 4.97. The van der Waals surface area contributed by atoms with Crippen molar-refractivity contribution in [3.05, 3.63) is 77.4 Å². The molecule has 0 saturated carbocycles. The van der Waals surface area contributed by atoms with E-state index in [4.69, 9.17) is 4.74 Å². The number of anilines is 1. The Morgan fingerprint density at radius 2 is 1.52 bits per heavy atom. The van der Waals surface area contributed by atoms with Crippen LogP contribution in [0.15, 0.2) is 60.7 Å². The second-order valence-electron chi connectivity index (χ2n) is 11.7. The summed E-state index contributed by atoms with van der Waals surface area (Å²) >= 11 is 0. The van der Waals surface area contributed by atoms with Crippen molar-refractivity contribution in [1.82, 2.24) is 10.2 Å². The molecule has 0 aliphatic rings. The molecule has 7 heteroatoms. The van der Waals surface area contributed by atoms with Crippen molar-refractivity contribution in [2.24, 2.45) is 5.92 Å². The molecule has 40 heavy (non-hydrogen) atoms. The van der Waals surface area contributed by atoms with Crippen LogP contribution in [0, 0.1) is 19.8 Å². The molecule has 0 bridgehead atoms.